The number of aromatic amines is 1. The van der Waals surface area contributed by atoms with Gasteiger partial charge in [0.15, 0.2) is 11.2 Å². The molecule has 0 bridgehead atoms. The van der Waals surface area contributed by atoms with Crippen molar-refractivity contribution >= 4 is 17.5 Å². The molecule has 2 aromatic rings. The molecule has 9 nitrogen and oxygen atoms in total. The van der Waals surface area contributed by atoms with Crippen molar-refractivity contribution in [3.05, 3.63) is 47.2 Å². The lowest BCUT2D eigenvalue weighted by Crippen LogP contribution is -2.45. The lowest BCUT2D eigenvalue weighted by atomic mass is 9.90. The van der Waals surface area contributed by atoms with Crippen molar-refractivity contribution in [1.29, 1.82) is 0 Å². The first-order valence-electron chi connectivity index (χ1n) is 7.07. The highest BCUT2D eigenvalue weighted by atomic mass is 19.3. The number of rotatable bonds is 3. The highest BCUT2D eigenvalue weighted by Gasteiger charge is 2.46. The van der Waals surface area contributed by atoms with Gasteiger partial charge < -0.3 is 21.3 Å². The van der Waals surface area contributed by atoms with Crippen molar-refractivity contribution in [3.63, 3.8) is 0 Å². The molecule has 0 radical (unpaired) electrons. The Morgan fingerprint density at radius 3 is 2.69 bits per heavy atom. The first-order valence-corrected chi connectivity index (χ1v) is 7.07. The van der Waals surface area contributed by atoms with Crippen LogP contribution in [0.15, 0.2) is 29.4 Å². The van der Waals surface area contributed by atoms with E-state index in [9.17, 15) is 18.0 Å². The Kier molecular flexibility index (Phi) is 5.77. The second kappa shape index (κ2) is 7.82. The number of hydrogen-bond acceptors (Lipinski definition) is 6. The lowest BCUT2D eigenvalue weighted by molar-refractivity contribution is -0.0145. The molecule has 1 aromatic heterocycles. The monoisotopic (exact) mass is 371 g/mol. The molecule has 5 N–H and O–H groups in total. The van der Waals surface area contributed by atoms with Gasteiger partial charge in [-0.15, -0.1) is 10.8 Å². The molecule has 140 valence electrons. The summed E-state index contributed by atoms with van der Waals surface area (Å²) in [6, 6.07) is 3.16. The minimum atomic E-state index is -2.98. The fourth-order valence-corrected chi connectivity index (χ4v) is 2.16. The lowest BCUT2D eigenvalue weighted by Gasteiger charge is -2.33. The van der Waals surface area contributed by atoms with Gasteiger partial charge in [0.05, 0.1) is 12.8 Å². The summed E-state index contributed by atoms with van der Waals surface area (Å²) in [5.41, 5.74) is 10.1. The first kappa shape index (κ1) is 19.2. The molecule has 0 saturated carbocycles. The number of aromatic carboxylic acids is 1. The van der Waals surface area contributed by atoms with Crippen LogP contribution in [-0.2, 0) is 10.3 Å². The van der Waals surface area contributed by atoms with Crippen LogP contribution >= 0.6 is 0 Å². The third-order valence-corrected chi connectivity index (χ3v) is 3.34. The maximum Gasteiger partial charge on any atom is 0.358 e. The summed E-state index contributed by atoms with van der Waals surface area (Å²) in [4.78, 5) is 13.6. The second-order valence-corrected chi connectivity index (χ2v) is 5.18. The van der Waals surface area contributed by atoms with Crippen LogP contribution < -0.4 is 5.73 Å². The number of H-pyrrole nitrogens is 1. The highest BCUT2D eigenvalue weighted by molar-refractivity contribution is 5.84. The van der Waals surface area contributed by atoms with Crippen LogP contribution in [0, 0.1) is 5.82 Å². The number of aromatic nitrogens is 3. The van der Waals surface area contributed by atoms with Gasteiger partial charge in [-0.3, -0.25) is 4.99 Å². The number of nitrogens with zero attached hydrogens (tertiary/aromatic N) is 3. The van der Waals surface area contributed by atoms with Crippen LogP contribution in [0.4, 0.5) is 18.9 Å². The van der Waals surface area contributed by atoms with Gasteiger partial charge in [-0.2, -0.15) is 10.3 Å². The number of aliphatic imine (C=N–C) groups is 1. The Hall–Kier alpha value is -3.15. The summed E-state index contributed by atoms with van der Waals surface area (Å²) >= 11 is 0. The van der Waals surface area contributed by atoms with E-state index in [1.54, 1.807) is 0 Å². The number of nitrogens with one attached hydrogen (secondary N) is 2. The number of ether oxygens (including phenoxy) is 1. The van der Waals surface area contributed by atoms with Gasteiger partial charge in [0.2, 0.25) is 0 Å². The standard InChI is InChI=1S/C11H11F3N3O.C3H3N3O2/c12-8-2-1-6(15)3-7(8)11(10(13)14)5-18-4-9(16)17-11;7-3(8)2-1-4-6-5-2/h1-3,10,15H,4-5H2,(H2,16,17);1H,(H,7,8)(H,4,5,6)/q-1;. The number of amidine groups is 1. The Morgan fingerprint density at radius 1 is 1.46 bits per heavy atom. The van der Waals surface area contributed by atoms with E-state index in [4.69, 9.17) is 21.3 Å². The van der Waals surface area contributed by atoms with E-state index in [0.29, 0.717) is 0 Å². The smallest absolute Gasteiger partial charge is 0.358 e. The van der Waals surface area contributed by atoms with E-state index >= 15 is 0 Å². The number of benzene rings is 1. The fourth-order valence-electron chi connectivity index (χ4n) is 2.16. The summed E-state index contributed by atoms with van der Waals surface area (Å²) in [5.74, 6) is -2.04. The summed E-state index contributed by atoms with van der Waals surface area (Å²) in [5, 5.41) is 16.9. The van der Waals surface area contributed by atoms with Crippen LogP contribution in [0.25, 0.3) is 5.73 Å². The van der Waals surface area contributed by atoms with E-state index in [1.807, 2.05) is 0 Å². The van der Waals surface area contributed by atoms with Crippen LogP contribution in [-0.4, -0.2) is 52.0 Å². The maximum absolute atomic E-state index is 13.7. The topological polar surface area (TPSA) is 150 Å². The number of nitrogens with two attached hydrogens (primary N) is 1. The molecule has 26 heavy (non-hydrogen) atoms. The van der Waals surface area contributed by atoms with E-state index in [1.165, 1.54) is 6.07 Å². The zero-order valence-electron chi connectivity index (χ0n) is 13.1. The van der Waals surface area contributed by atoms with Gasteiger partial charge in [0.1, 0.15) is 18.3 Å². The molecule has 0 amide bonds. The zero-order valence-corrected chi connectivity index (χ0v) is 13.1. The van der Waals surface area contributed by atoms with Crippen LogP contribution in [0.2, 0.25) is 0 Å². The van der Waals surface area contributed by atoms with E-state index in [0.717, 1.165) is 18.3 Å². The summed E-state index contributed by atoms with van der Waals surface area (Å²) < 4.78 is 45.2. The number of hydrogen-bond donors (Lipinski definition) is 3. The molecule has 0 spiro atoms. The van der Waals surface area contributed by atoms with Crippen LogP contribution in [0.3, 0.4) is 0 Å². The summed E-state index contributed by atoms with van der Waals surface area (Å²) in [6.45, 7) is -0.525. The average molecular weight is 371 g/mol. The van der Waals surface area contributed by atoms with Crippen molar-refractivity contribution < 1.29 is 27.8 Å². The molecule has 1 aliphatic rings. The quantitative estimate of drug-likeness (QED) is 0.749. The van der Waals surface area contributed by atoms with Crippen LogP contribution in [0.1, 0.15) is 16.1 Å². The SMILES string of the molecule is O=C(O)c1cn[nH]n1.[NH-]c1ccc(F)c(C2(C(F)F)COCC(N)=N2)c1. The van der Waals surface area contributed by atoms with E-state index in [-0.39, 0.29) is 29.4 Å². The van der Waals surface area contributed by atoms with Crippen molar-refractivity contribution in [1.82, 2.24) is 15.4 Å². The van der Waals surface area contributed by atoms with Gasteiger partial charge in [-0.1, -0.05) is 12.1 Å². The van der Waals surface area contributed by atoms with Crippen molar-refractivity contribution in [2.24, 2.45) is 10.7 Å². The zero-order chi connectivity index (χ0) is 19.3. The number of carboxylic acid groups (broad SMARTS) is 1. The number of halogens is 3. The Labute approximate surface area is 144 Å². The van der Waals surface area contributed by atoms with Gasteiger partial charge in [-0.05, 0) is 6.07 Å². The third-order valence-electron chi connectivity index (χ3n) is 3.34. The fraction of sp³-hybridized carbons (Fsp3) is 0.286. The van der Waals surface area contributed by atoms with Gasteiger partial charge in [0, 0.05) is 5.56 Å². The van der Waals surface area contributed by atoms with Gasteiger partial charge >= 0.3 is 5.97 Å². The molecular weight excluding hydrogens is 357 g/mol. The molecule has 1 aliphatic heterocycles. The van der Waals surface area contributed by atoms with Crippen molar-refractivity contribution in [3.8, 4) is 0 Å². The molecule has 1 unspecified atom stereocenters. The molecule has 0 saturated heterocycles. The Bertz CT molecular complexity index is 799. The van der Waals surface area contributed by atoms with E-state index < -0.39 is 30.4 Å². The Balaban J connectivity index is 0.000000254. The number of carbonyl (C=O) groups is 1. The minimum Gasteiger partial charge on any atom is -0.699 e. The third kappa shape index (κ3) is 4.08. The molecule has 1 aromatic carbocycles. The number of carboxylic acids is 1. The van der Waals surface area contributed by atoms with Crippen LogP contribution in [0.5, 0.6) is 0 Å². The summed E-state index contributed by atoms with van der Waals surface area (Å²) in [7, 11) is 0. The molecular formula is C14H14F3N6O3-. The molecule has 0 aliphatic carbocycles. The molecule has 2 heterocycles. The maximum atomic E-state index is 13.7. The highest BCUT2D eigenvalue weighted by Crippen LogP contribution is 2.38. The second-order valence-electron chi connectivity index (χ2n) is 5.18. The predicted octanol–water partition coefficient (Wildman–Crippen LogP) is 1.86. The molecule has 1 atom stereocenters. The predicted molar refractivity (Wildman–Crippen MR) is 83.8 cm³/mol. The molecule has 3 rings (SSSR count). The van der Waals surface area contributed by atoms with Crippen molar-refractivity contribution in [2.75, 3.05) is 13.2 Å². The van der Waals surface area contributed by atoms with Crippen molar-refractivity contribution in [2.45, 2.75) is 12.0 Å². The largest absolute Gasteiger partial charge is 0.699 e. The molecule has 12 heteroatoms. The minimum absolute atomic E-state index is 0.0589. The first-order chi connectivity index (χ1) is 12.3. The van der Waals surface area contributed by atoms with Gasteiger partial charge in [-0.25, -0.2) is 18.0 Å². The number of alkyl halides is 2. The summed E-state index contributed by atoms with van der Waals surface area (Å²) in [6.07, 6.45) is -1.84. The normalized spacial score (nSPS) is 19.5. The average Bonchev–Trinajstić information content (AvgIpc) is 3.12. The Morgan fingerprint density at radius 2 is 2.19 bits per heavy atom. The van der Waals surface area contributed by atoms with Gasteiger partial charge in [0.25, 0.3) is 6.43 Å². The van der Waals surface area contributed by atoms with E-state index in [2.05, 4.69) is 20.4 Å². The molecule has 0 fully saturated rings.